The molecular formula is C14H28N2O. The van der Waals surface area contributed by atoms with E-state index in [0.29, 0.717) is 36.1 Å². The summed E-state index contributed by atoms with van der Waals surface area (Å²) in [7, 11) is 0. The van der Waals surface area contributed by atoms with Gasteiger partial charge in [-0.25, -0.2) is 0 Å². The summed E-state index contributed by atoms with van der Waals surface area (Å²) in [6.07, 6.45) is 2.87. The molecule has 2 unspecified atom stereocenters. The minimum atomic E-state index is 0.310. The Morgan fingerprint density at radius 2 is 2.12 bits per heavy atom. The van der Waals surface area contributed by atoms with Crippen LogP contribution in [0.4, 0.5) is 0 Å². The van der Waals surface area contributed by atoms with E-state index >= 15 is 0 Å². The molecule has 1 aliphatic heterocycles. The summed E-state index contributed by atoms with van der Waals surface area (Å²) in [4.78, 5) is 14.1. The van der Waals surface area contributed by atoms with E-state index in [-0.39, 0.29) is 0 Å². The maximum atomic E-state index is 12.1. The van der Waals surface area contributed by atoms with Gasteiger partial charge in [-0.15, -0.1) is 0 Å². The molecule has 100 valence electrons. The lowest BCUT2D eigenvalue weighted by Gasteiger charge is -2.24. The highest BCUT2D eigenvalue weighted by molar-refractivity contribution is 5.76. The molecule has 0 saturated carbocycles. The Balaban J connectivity index is 2.34. The van der Waals surface area contributed by atoms with Crippen LogP contribution in [-0.2, 0) is 4.79 Å². The van der Waals surface area contributed by atoms with Crippen LogP contribution in [0, 0.1) is 17.3 Å². The highest BCUT2D eigenvalue weighted by Crippen LogP contribution is 2.27. The minimum Gasteiger partial charge on any atom is -0.342 e. The van der Waals surface area contributed by atoms with Gasteiger partial charge in [-0.05, 0) is 36.6 Å². The van der Waals surface area contributed by atoms with Crippen LogP contribution >= 0.6 is 0 Å². The quantitative estimate of drug-likeness (QED) is 0.819. The van der Waals surface area contributed by atoms with E-state index in [4.69, 9.17) is 5.73 Å². The predicted octanol–water partition coefficient (Wildman–Crippen LogP) is 2.26. The monoisotopic (exact) mass is 240 g/mol. The summed E-state index contributed by atoms with van der Waals surface area (Å²) < 4.78 is 0. The van der Waals surface area contributed by atoms with Crippen molar-refractivity contribution in [1.29, 1.82) is 0 Å². The molecule has 1 fully saturated rings. The number of carbonyl (C=O) groups is 1. The highest BCUT2D eigenvalue weighted by Gasteiger charge is 2.26. The standard InChI is InChI=1S/C14H28N2O/c1-11(8-14(2,3)4)7-13(17)16-6-5-12(9-15)10-16/h11-12H,5-10,15H2,1-4H3. The lowest BCUT2D eigenvalue weighted by molar-refractivity contribution is -0.131. The second-order valence-corrected chi connectivity index (χ2v) is 6.80. The molecule has 1 amide bonds. The maximum Gasteiger partial charge on any atom is 0.222 e. The van der Waals surface area contributed by atoms with Crippen molar-refractivity contribution in [3.8, 4) is 0 Å². The molecule has 0 radical (unpaired) electrons. The largest absolute Gasteiger partial charge is 0.342 e. The van der Waals surface area contributed by atoms with E-state index < -0.39 is 0 Å². The summed E-state index contributed by atoms with van der Waals surface area (Å²) >= 11 is 0. The zero-order valence-electron chi connectivity index (χ0n) is 11.8. The van der Waals surface area contributed by atoms with Crippen molar-refractivity contribution < 1.29 is 4.79 Å². The Labute approximate surface area is 106 Å². The van der Waals surface area contributed by atoms with Gasteiger partial charge in [0, 0.05) is 19.5 Å². The third-order valence-electron chi connectivity index (χ3n) is 3.46. The van der Waals surface area contributed by atoms with Crippen molar-refractivity contribution in [2.75, 3.05) is 19.6 Å². The van der Waals surface area contributed by atoms with Gasteiger partial charge in [0.1, 0.15) is 0 Å². The second-order valence-electron chi connectivity index (χ2n) is 6.80. The summed E-state index contributed by atoms with van der Waals surface area (Å²) in [5.74, 6) is 1.31. The van der Waals surface area contributed by atoms with Crippen LogP contribution in [0.2, 0.25) is 0 Å². The molecule has 0 aromatic rings. The van der Waals surface area contributed by atoms with Crippen molar-refractivity contribution in [3.05, 3.63) is 0 Å². The molecule has 1 rings (SSSR count). The Morgan fingerprint density at radius 3 is 2.59 bits per heavy atom. The molecule has 0 bridgehead atoms. The lowest BCUT2D eigenvalue weighted by atomic mass is 9.84. The normalized spacial score (nSPS) is 22.9. The number of likely N-dealkylation sites (tertiary alicyclic amines) is 1. The van der Waals surface area contributed by atoms with E-state index in [0.717, 1.165) is 25.9 Å². The maximum absolute atomic E-state index is 12.1. The molecule has 0 aromatic carbocycles. The summed E-state index contributed by atoms with van der Waals surface area (Å²) in [6, 6.07) is 0. The molecule has 3 nitrogen and oxygen atoms in total. The fourth-order valence-electron chi connectivity index (χ4n) is 2.80. The van der Waals surface area contributed by atoms with Crippen LogP contribution in [0.5, 0.6) is 0 Å². The van der Waals surface area contributed by atoms with Gasteiger partial charge in [-0.3, -0.25) is 4.79 Å². The number of amides is 1. The molecule has 17 heavy (non-hydrogen) atoms. The molecule has 2 atom stereocenters. The zero-order valence-corrected chi connectivity index (χ0v) is 11.8. The Kier molecular flexibility index (Phi) is 4.99. The van der Waals surface area contributed by atoms with Crippen molar-refractivity contribution in [1.82, 2.24) is 4.90 Å². The average Bonchev–Trinajstić information content (AvgIpc) is 2.62. The predicted molar refractivity (Wildman–Crippen MR) is 71.6 cm³/mol. The molecule has 1 saturated heterocycles. The van der Waals surface area contributed by atoms with Gasteiger partial charge in [0.25, 0.3) is 0 Å². The highest BCUT2D eigenvalue weighted by atomic mass is 16.2. The number of hydrogen-bond donors (Lipinski definition) is 1. The van der Waals surface area contributed by atoms with Gasteiger partial charge in [0.2, 0.25) is 5.91 Å². The first-order valence-electron chi connectivity index (χ1n) is 6.79. The molecule has 1 aliphatic rings. The van der Waals surface area contributed by atoms with Crippen LogP contribution in [0.25, 0.3) is 0 Å². The first-order valence-corrected chi connectivity index (χ1v) is 6.79. The third-order valence-corrected chi connectivity index (χ3v) is 3.46. The second kappa shape index (κ2) is 5.85. The summed E-state index contributed by atoms with van der Waals surface area (Å²) in [5.41, 5.74) is 5.95. The van der Waals surface area contributed by atoms with E-state index in [9.17, 15) is 4.79 Å². The van der Waals surface area contributed by atoms with Gasteiger partial charge in [-0.1, -0.05) is 27.7 Å². The van der Waals surface area contributed by atoms with Crippen LogP contribution in [-0.4, -0.2) is 30.4 Å². The van der Waals surface area contributed by atoms with Crippen LogP contribution in [0.15, 0.2) is 0 Å². The fourth-order valence-corrected chi connectivity index (χ4v) is 2.80. The smallest absolute Gasteiger partial charge is 0.222 e. The number of rotatable bonds is 4. The zero-order chi connectivity index (χ0) is 13.1. The van der Waals surface area contributed by atoms with Gasteiger partial charge < -0.3 is 10.6 Å². The average molecular weight is 240 g/mol. The topological polar surface area (TPSA) is 46.3 Å². The Hall–Kier alpha value is -0.570. The number of carbonyl (C=O) groups excluding carboxylic acids is 1. The summed E-state index contributed by atoms with van der Waals surface area (Å²) in [6.45, 7) is 11.4. The van der Waals surface area contributed by atoms with Gasteiger partial charge >= 0.3 is 0 Å². The minimum absolute atomic E-state index is 0.310. The third kappa shape index (κ3) is 5.07. The number of nitrogens with two attached hydrogens (primary N) is 1. The Morgan fingerprint density at radius 1 is 1.47 bits per heavy atom. The van der Waals surface area contributed by atoms with Crippen molar-refractivity contribution in [2.24, 2.45) is 23.0 Å². The van der Waals surface area contributed by atoms with Crippen molar-refractivity contribution >= 4 is 5.91 Å². The van der Waals surface area contributed by atoms with Crippen molar-refractivity contribution in [3.63, 3.8) is 0 Å². The SMILES string of the molecule is CC(CC(=O)N1CCC(CN)C1)CC(C)(C)C. The first kappa shape index (κ1) is 14.5. The fraction of sp³-hybridized carbons (Fsp3) is 0.929. The van der Waals surface area contributed by atoms with E-state index in [1.807, 2.05) is 4.90 Å². The lowest BCUT2D eigenvalue weighted by Crippen LogP contribution is -2.31. The Bertz CT molecular complexity index is 257. The molecule has 3 heteroatoms. The van der Waals surface area contributed by atoms with Crippen LogP contribution in [0.1, 0.15) is 47.0 Å². The molecule has 0 spiro atoms. The molecular weight excluding hydrogens is 212 g/mol. The number of nitrogens with zero attached hydrogens (tertiary/aromatic N) is 1. The molecule has 0 aromatic heterocycles. The van der Waals surface area contributed by atoms with E-state index in [1.165, 1.54) is 0 Å². The van der Waals surface area contributed by atoms with Crippen LogP contribution < -0.4 is 5.73 Å². The van der Waals surface area contributed by atoms with Gasteiger partial charge in [0.15, 0.2) is 0 Å². The molecule has 0 aliphatic carbocycles. The number of hydrogen-bond acceptors (Lipinski definition) is 2. The van der Waals surface area contributed by atoms with E-state index in [2.05, 4.69) is 27.7 Å². The molecule has 1 heterocycles. The van der Waals surface area contributed by atoms with Gasteiger partial charge in [-0.2, -0.15) is 0 Å². The van der Waals surface area contributed by atoms with Crippen molar-refractivity contribution in [2.45, 2.75) is 47.0 Å². The van der Waals surface area contributed by atoms with Gasteiger partial charge in [0.05, 0.1) is 0 Å². The van der Waals surface area contributed by atoms with Crippen LogP contribution in [0.3, 0.4) is 0 Å². The van der Waals surface area contributed by atoms with E-state index in [1.54, 1.807) is 0 Å². The first-order chi connectivity index (χ1) is 7.81. The summed E-state index contributed by atoms with van der Waals surface area (Å²) in [5, 5.41) is 0. The molecule has 2 N–H and O–H groups in total.